The van der Waals surface area contributed by atoms with E-state index < -0.39 is 65.6 Å². The van der Waals surface area contributed by atoms with Gasteiger partial charge in [0.1, 0.15) is 29.2 Å². The first-order valence-corrected chi connectivity index (χ1v) is 10.1. The van der Waals surface area contributed by atoms with Crippen LogP contribution in [0, 0.1) is 0 Å². The Balaban J connectivity index is -0.000000218. The SMILES string of the molecule is COC(=O)C(=S)C(=S)C(F)(F)F.COC(=O)C(=S)C(=S)C(F)(F)F.COC(=O)C(=S)C(=S)C(F)(F)F.[Mo]. The van der Waals surface area contributed by atoms with E-state index in [4.69, 9.17) is 0 Å². The Morgan fingerprint density at radius 2 is 0.595 bits per heavy atom. The van der Waals surface area contributed by atoms with Gasteiger partial charge in [0.2, 0.25) is 0 Å². The molecule has 0 aromatic heterocycles. The molecule has 37 heavy (non-hydrogen) atoms. The predicted octanol–water partition coefficient (Wildman–Crippen LogP) is 4.38. The topological polar surface area (TPSA) is 78.9 Å². The van der Waals surface area contributed by atoms with Crippen molar-refractivity contribution in [1.29, 1.82) is 0 Å². The van der Waals surface area contributed by atoms with Crippen molar-refractivity contribution in [2.75, 3.05) is 21.3 Å². The predicted molar refractivity (Wildman–Crippen MR) is 130 cm³/mol. The summed E-state index contributed by atoms with van der Waals surface area (Å²) in [4.78, 5) is 23.7. The Morgan fingerprint density at radius 3 is 0.676 bits per heavy atom. The molecular formula is C15H9F9MoO6S6. The van der Waals surface area contributed by atoms with Crippen LogP contribution in [0.2, 0.25) is 0 Å². The molecule has 0 unspecified atom stereocenters. The molecule has 22 heteroatoms. The van der Waals surface area contributed by atoms with Crippen molar-refractivity contribution in [2.45, 2.75) is 18.5 Å². The van der Waals surface area contributed by atoms with Gasteiger partial charge in [-0.1, -0.05) is 73.3 Å². The van der Waals surface area contributed by atoms with Crippen LogP contribution < -0.4 is 0 Å². The van der Waals surface area contributed by atoms with E-state index in [1.54, 1.807) is 0 Å². The van der Waals surface area contributed by atoms with Gasteiger partial charge < -0.3 is 14.2 Å². The molecule has 0 aliphatic carbocycles. The van der Waals surface area contributed by atoms with Crippen LogP contribution in [-0.2, 0) is 49.7 Å². The van der Waals surface area contributed by atoms with Gasteiger partial charge in [-0.05, 0) is 0 Å². The van der Waals surface area contributed by atoms with E-state index in [1.807, 2.05) is 0 Å². The van der Waals surface area contributed by atoms with E-state index in [-0.39, 0.29) is 21.1 Å². The average molecular weight is 745 g/mol. The van der Waals surface area contributed by atoms with Crippen molar-refractivity contribution >= 4 is 120 Å². The first-order chi connectivity index (χ1) is 15.9. The molecule has 0 N–H and O–H groups in total. The van der Waals surface area contributed by atoms with Gasteiger partial charge in [0.25, 0.3) is 0 Å². The van der Waals surface area contributed by atoms with Crippen LogP contribution >= 0.6 is 73.3 Å². The number of alkyl halides is 9. The quantitative estimate of drug-likeness (QED) is 0.127. The van der Waals surface area contributed by atoms with Crippen molar-refractivity contribution < 1.29 is 89.2 Å². The molecule has 0 aliphatic heterocycles. The third-order valence-corrected chi connectivity index (χ3v) is 5.31. The number of carbonyl (C=O) groups is 3. The molecule has 0 saturated heterocycles. The summed E-state index contributed by atoms with van der Waals surface area (Å²) in [5.74, 6) is -3.73. The van der Waals surface area contributed by atoms with Gasteiger partial charge in [0, 0.05) is 21.1 Å². The standard InChI is InChI=1S/3C5H3F3O2S2.Mo/c3*1-10-4(9)2(11)3(12)5(6,7)8;/h3*1H3;. The van der Waals surface area contributed by atoms with E-state index in [1.165, 1.54) is 0 Å². The largest absolute Gasteiger partial charge is 0.465 e. The summed E-state index contributed by atoms with van der Waals surface area (Å²) >= 11 is 24.0. The second kappa shape index (κ2) is 18.3. The number of hydrogen-bond acceptors (Lipinski definition) is 12. The van der Waals surface area contributed by atoms with Gasteiger partial charge in [0.15, 0.2) is 0 Å². The number of carbonyl (C=O) groups excluding carboxylic acids is 3. The fourth-order valence-corrected chi connectivity index (χ4v) is 1.79. The van der Waals surface area contributed by atoms with Gasteiger partial charge in [-0.3, -0.25) is 0 Å². The summed E-state index contributed by atoms with van der Waals surface area (Å²) in [6.07, 6.45) is -14.2. The van der Waals surface area contributed by atoms with Crippen LogP contribution in [-0.4, -0.2) is 87.0 Å². The molecule has 6 nitrogen and oxygen atoms in total. The Labute approximate surface area is 248 Å². The molecule has 0 aromatic carbocycles. The fraction of sp³-hybridized carbons (Fsp3) is 0.400. The summed E-state index contributed by atoms with van der Waals surface area (Å²) in [6.45, 7) is 0. The normalized spacial score (nSPS) is 10.4. The second-order valence-electron chi connectivity index (χ2n) is 4.94. The third kappa shape index (κ3) is 17.3. The van der Waals surface area contributed by atoms with Gasteiger partial charge in [-0.25, -0.2) is 14.4 Å². The number of hydrogen-bond donors (Lipinski definition) is 0. The monoisotopic (exact) mass is 746 g/mol. The molecule has 0 radical (unpaired) electrons. The second-order valence-corrected chi connectivity index (χ2v) is 7.39. The molecule has 0 rings (SSSR count). The van der Waals surface area contributed by atoms with Gasteiger partial charge in [-0.2, -0.15) is 39.5 Å². The summed E-state index contributed by atoms with van der Waals surface area (Å²) in [6, 6.07) is 0. The molecule has 0 amide bonds. The molecule has 0 bridgehead atoms. The Hall–Kier alpha value is -0.992. The molecule has 0 aliphatic rings. The van der Waals surface area contributed by atoms with Gasteiger partial charge in [-0.15, -0.1) is 0 Å². The molecule has 0 fully saturated rings. The number of ether oxygens (including phenoxy) is 3. The summed E-state index contributed by atoms with van der Waals surface area (Å²) in [5.41, 5.74) is 0. The molecule has 0 atom stereocenters. The number of halogens is 9. The average Bonchev–Trinajstić information content (AvgIpc) is 2.78. The number of methoxy groups -OCH3 is 3. The molecule has 0 aromatic rings. The maximum atomic E-state index is 11.8. The summed E-state index contributed by atoms with van der Waals surface area (Å²) < 4.78 is 118. The van der Waals surface area contributed by atoms with E-state index in [9.17, 15) is 53.9 Å². The minimum absolute atomic E-state index is 0. The summed E-state index contributed by atoms with van der Waals surface area (Å²) in [5, 5.41) is 0. The zero-order chi connectivity index (χ0) is 29.8. The first-order valence-electron chi connectivity index (χ1n) is 7.63. The zero-order valence-corrected chi connectivity index (χ0v) is 24.6. The molecular weight excluding hydrogens is 735 g/mol. The Bertz CT molecular complexity index is 826. The van der Waals surface area contributed by atoms with Crippen LogP contribution in [0.15, 0.2) is 0 Å². The molecule has 0 heterocycles. The van der Waals surface area contributed by atoms with Crippen LogP contribution in [0.1, 0.15) is 0 Å². The van der Waals surface area contributed by atoms with Crippen LogP contribution in [0.5, 0.6) is 0 Å². The fourth-order valence-electron chi connectivity index (χ4n) is 0.942. The maximum absolute atomic E-state index is 11.8. The van der Waals surface area contributed by atoms with Gasteiger partial charge >= 0.3 is 36.4 Å². The van der Waals surface area contributed by atoms with E-state index >= 15 is 0 Å². The van der Waals surface area contributed by atoms with Crippen molar-refractivity contribution in [3.63, 3.8) is 0 Å². The van der Waals surface area contributed by atoms with Crippen molar-refractivity contribution in [3.8, 4) is 0 Å². The van der Waals surface area contributed by atoms with Crippen LogP contribution in [0.4, 0.5) is 39.5 Å². The van der Waals surface area contributed by atoms with Gasteiger partial charge in [0.05, 0.1) is 21.3 Å². The molecule has 0 spiro atoms. The number of thiocarbonyl (C=S) groups is 6. The third-order valence-electron chi connectivity index (χ3n) is 2.50. The molecule has 210 valence electrons. The Morgan fingerprint density at radius 1 is 0.459 bits per heavy atom. The number of rotatable bonds is 6. The first kappa shape index (κ1) is 43.1. The Kier molecular flexibility index (Phi) is 21.3. The number of esters is 3. The zero-order valence-electron chi connectivity index (χ0n) is 17.7. The van der Waals surface area contributed by atoms with Crippen LogP contribution in [0.25, 0.3) is 0 Å². The van der Waals surface area contributed by atoms with Crippen molar-refractivity contribution in [3.05, 3.63) is 0 Å². The van der Waals surface area contributed by atoms with Crippen molar-refractivity contribution in [2.24, 2.45) is 0 Å². The maximum Gasteiger partial charge on any atom is 0.428 e. The van der Waals surface area contributed by atoms with Crippen molar-refractivity contribution in [1.82, 2.24) is 0 Å². The summed E-state index contributed by atoms with van der Waals surface area (Å²) in [7, 11) is 2.77. The minimum atomic E-state index is -4.75. The molecule has 0 saturated carbocycles. The van der Waals surface area contributed by atoms with E-state index in [2.05, 4.69) is 87.5 Å². The van der Waals surface area contributed by atoms with E-state index in [0.717, 1.165) is 21.3 Å². The minimum Gasteiger partial charge on any atom is -0.465 e. The smallest absolute Gasteiger partial charge is 0.428 e. The van der Waals surface area contributed by atoms with E-state index in [0.29, 0.717) is 0 Å². The van der Waals surface area contributed by atoms with Crippen LogP contribution in [0.3, 0.4) is 0 Å².